The Labute approximate surface area is 205 Å². The standard InChI is InChI=1S/C29H29NO5/c1-3-20-9-11-22(12-10-20)26-25(28(32)29(33)30(26)17-18-34-2)27(31)23-13-15-24(16-14-23)35-19-21-7-5-4-6-8-21/h4-16,26,31H,3,17-19H2,1-2H3/b27-25+. The molecule has 1 aliphatic heterocycles. The quantitative estimate of drug-likeness (QED) is 0.273. The first-order chi connectivity index (χ1) is 17.0. The van der Waals surface area contributed by atoms with E-state index in [1.54, 1.807) is 31.4 Å². The summed E-state index contributed by atoms with van der Waals surface area (Å²) in [7, 11) is 1.54. The Morgan fingerprint density at radius 2 is 1.60 bits per heavy atom. The number of carbonyl (C=O) groups is 2. The Morgan fingerprint density at radius 3 is 2.23 bits per heavy atom. The molecule has 1 fully saturated rings. The molecule has 1 unspecified atom stereocenters. The number of amides is 1. The zero-order chi connectivity index (χ0) is 24.8. The summed E-state index contributed by atoms with van der Waals surface area (Å²) in [6, 6.07) is 23.8. The fourth-order valence-corrected chi connectivity index (χ4v) is 4.19. The highest BCUT2D eigenvalue weighted by Gasteiger charge is 2.45. The van der Waals surface area contributed by atoms with Crippen molar-refractivity contribution in [3.05, 3.63) is 107 Å². The Hall–Kier alpha value is -3.90. The van der Waals surface area contributed by atoms with E-state index in [-0.39, 0.29) is 24.5 Å². The molecule has 1 amide bonds. The molecule has 4 rings (SSSR count). The van der Waals surface area contributed by atoms with E-state index in [0.29, 0.717) is 17.9 Å². The van der Waals surface area contributed by atoms with E-state index in [1.165, 1.54) is 4.90 Å². The third kappa shape index (κ3) is 5.28. The van der Waals surface area contributed by atoms with E-state index in [4.69, 9.17) is 9.47 Å². The summed E-state index contributed by atoms with van der Waals surface area (Å²) in [5.41, 5.74) is 3.48. The van der Waals surface area contributed by atoms with Crippen LogP contribution >= 0.6 is 0 Å². The Balaban J connectivity index is 1.65. The van der Waals surface area contributed by atoms with E-state index < -0.39 is 17.7 Å². The number of nitrogens with zero attached hydrogens (tertiary/aromatic N) is 1. The van der Waals surface area contributed by atoms with Gasteiger partial charge in [0.15, 0.2) is 0 Å². The lowest BCUT2D eigenvalue weighted by Crippen LogP contribution is -2.32. The van der Waals surface area contributed by atoms with Gasteiger partial charge in [0.1, 0.15) is 18.1 Å². The average Bonchev–Trinajstić information content (AvgIpc) is 3.16. The van der Waals surface area contributed by atoms with Gasteiger partial charge in [-0.25, -0.2) is 0 Å². The molecule has 35 heavy (non-hydrogen) atoms. The molecule has 0 aliphatic carbocycles. The van der Waals surface area contributed by atoms with Crippen molar-refractivity contribution in [2.24, 2.45) is 0 Å². The SMILES string of the molecule is CCc1ccc(C2/C(=C(\O)c3ccc(OCc4ccccc4)cc3)C(=O)C(=O)N2CCOC)cc1. The maximum Gasteiger partial charge on any atom is 0.295 e. The van der Waals surface area contributed by atoms with Gasteiger partial charge in [-0.1, -0.05) is 61.5 Å². The average molecular weight is 472 g/mol. The maximum absolute atomic E-state index is 13.1. The number of benzene rings is 3. The number of ether oxygens (including phenoxy) is 2. The summed E-state index contributed by atoms with van der Waals surface area (Å²) < 4.78 is 11.0. The number of methoxy groups -OCH3 is 1. The number of rotatable bonds is 9. The van der Waals surface area contributed by atoms with Gasteiger partial charge in [0.05, 0.1) is 18.2 Å². The number of ketones is 1. The molecule has 180 valence electrons. The summed E-state index contributed by atoms with van der Waals surface area (Å²) in [4.78, 5) is 27.4. The first kappa shape index (κ1) is 24.2. The first-order valence-corrected chi connectivity index (χ1v) is 11.7. The van der Waals surface area contributed by atoms with Crippen LogP contribution in [0.1, 0.15) is 35.2 Å². The molecule has 3 aromatic rings. The largest absolute Gasteiger partial charge is 0.507 e. The van der Waals surface area contributed by atoms with E-state index >= 15 is 0 Å². The van der Waals surface area contributed by atoms with Crippen LogP contribution in [0.25, 0.3) is 5.76 Å². The second-order valence-corrected chi connectivity index (χ2v) is 8.38. The zero-order valence-electron chi connectivity index (χ0n) is 19.9. The summed E-state index contributed by atoms with van der Waals surface area (Å²) in [5.74, 6) is -0.913. The summed E-state index contributed by atoms with van der Waals surface area (Å²) in [6.07, 6.45) is 0.878. The minimum Gasteiger partial charge on any atom is -0.507 e. The normalized spacial score (nSPS) is 17.1. The minimum atomic E-state index is -0.701. The number of hydrogen-bond donors (Lipinski definition) is 1. The van der Waals surface area contributed by atoms with Crippen molar-refractivity contribution in [1.82, 2.24) is 4.90 Å². The molecule has 6 nitrogen and oxygen atoms in total. The van der Waals surface area contributed by atoms with Crippen molar-refractivity contribution in [2.45, 2.75) is 26.0 Å². The van der Waals surface area contributed by atoms with Gasteiger partial charge in [0.2, 0.25) is 0 Å². The van der Waals surface area contributed by atoms with Crippen LogP contribution in [0.15, 0.2) is 84.4 Å². The molecule has 6 heteroatoms. The van der Waals surface area contributed by atoms with Crippen molar-refractivity contribution >= 4 is 17.4 Å². The lowest BCUT2D eigenvalue weighted by Gasteiger charge is -2.25. The second-order valence-electron chi connectivity index (χ2n) is 8.38. The van der Waals surface area contributed by atoms with Crippen molar-refractivity contribution in [2.75, 3.05) is 20.3 Å². The van der Waals surface area contributed by atoms with Gasteiger partial charge in [-0.15, -0.1) is 0 Å². The van der Waals surface area contributed by atoms with E-state index in [0.717, 1.165) is 23.1 Å². The number of Topliss-reactive ketones (excluding diaryl/α,β-unsaturated/α-hetero) is 1. The third-order valence-electron chi connectivity index (χ3n) is 6.16. The molecule has 1 heterocycles. The van der Waals surface area contributed by atoms with Gasteiger partial charge in [-0.2, -0.15) is 0 Å². The first-order valence-electron chi connectivity index (χ1n) is 11.7. The molecule has 1 saturated heterocycles. The molecule has 0 spiro atoms. The van der Waals surface area contributed by atoms with Crippen LogP contribution < -0.4 is 4.74 Å². The monoisotopic (exact) mass is 471 g/mol. The second kappa shape index (κ2) is 11.0. The van der Waals surface area contributed by atoms with Gasteiger partial charge < -0.3 is 19.5 Å². The summed E-state index contributed by atoms with van der Waals surface area (Å²) in [5, 5.41) is 11.2. The van der Waals surface area contributed by atoms with Gasteiger partial charge in [0.25, 0.3) is 11.7 Å². The number of hydrogen-bond acceptors (Lipinski definition) is 5. The maximum atomic E-state index is 13.1. The van der Waals surface area contributed by atoms with Gasteiger partial charge in [-0.3, -0.25) is 9.59 Å². The van der Waals surface area contributed by atoms with Gasteiger partial charge in [0, 0.05) is 19.2 Å². The van der Waals surface area contributed by atoms with Crippen LogP contribution in [0.4, 0.5) is 0 Å². The number of carbonyl (C=O) groups excluding carboxylic acids is 2. The number of aliphatic hydroxyl groups excluding tert-OH is 1. The highest BCUT2D eigenvalue weighted by Crippen LogP contribution is 2.39. The number of likely N-dealkylation sites (tertiary alicyclic amines) is 1. The fraction of sp³-hybridized carbons (Fsp3) is 0.241. The van der Waals surface area contributed by atoms with Crippen LogP contribution in [0.5, 0.6) is 5.75 Å². The Morgan fingerprint density at radius 1 is 0.914 bits per heavy atom. The molecule has 0 saturated carbocycles. The predicted molar refractivity (Wildman–Crippen MR) is 134 cm³/mol. The zero-order valence-corrected chi connectivity index (χ0v) is 19.9. The van der Waals surface area contributed by atoms with Crippen LogP contribution in [-0.4, -0.2) is 42.0 Å². The van der Waals surface area contributed by atoms with Crippen molar-refractivity contribution in [3.8, 4) is 5.75 Å². The number of aliphatic hydroxyl groups is 1. The molecule has 3 aromatic carbocycles. The highest BCUT2D eigenvalue weighted by atomic mass is 16.5. The molecular weight excluding hydrogens is 442 g/mol. The van der Waals surface area contributed by atoms with Crippen LogP contribution in [0.2, 0.25) is 0 Å². The third-order valence-corrected chi connectivity index (χ3v) is 6.16. The van der Waals surface area contributed by atoms with E-state index in [9.17, 15) is 14.7 Å². The van der Waals surface area contributed by atoms with Crippen molar-refractivity contribution < 1.29 is 24.2 Å². The molecule has 0 bridgehead atoms. The summed E-state index contributed by atoms with van der Waals surface area (Å²) >= 11 is 0. The fourth-order valence-electron chi connectivity index (χ4n) is 4.19. The minimum absolute atomic E-state index is 0.0771. The highest BCUT2D eigenvalue weighted by molar-refractivity contribution is 6.46. The van der Waals surface area contributed by atoms with E-state index in [2.05, 4.69) is 6.92 Å². The molecule has 0 radical (unpaired) electrons. The lowest BCUT2D eigenvalue weighted by atomic mass is 9.94. The smallest absolute Gasteiger partial charge is 0.295 e. The topological polar surface area (TPSA) is 76.1 Å². The van der Waals surface area contributed by atoms with E-state index in [1.807, 2.05) is 54.6 Å². The Kier molecular flexibility index (Phi) is 7.63. The van der Waals surface area contributed by atoms with Crippen molar-refractivity contribution in [1.29, 1.82) is 0 Å². The Bertz CT molecular complexity index is 1200. The van der Waals surface area contributed by atoms with Crippen LogP contribution in [-0.2, 0) is 27.4 Å². The summed E-state index contributed by atoms with van der Waals surface area (Å²) in [6.45, 7) is 3.01. The number of aryl methyl sites for hydroxylation is 1. The van der Waals surface area contributed by atoms with Gasteiger partial charge in [-0.05, 0) is 47.4 Å². The van der Waals surface area contributed by atoms with Crippen LogP contribution in [0.3, 0.4) is 0 Å². The van der Waals surface area contributed by atoms with Gasteiger partial charge >= 0.3 is 0 Å². The predicted octanol–water partition coefficient (Wildman–Crippen LogP) is 4.90. The van der Waals surface area contributed by atoms with Crippen molar-refractivity contribution in [3.63, 3.8) is 0 Å². The molecular formula is C29H29NO5. The molecule has 1 aliphatic rings. The molecule has 1 N–H and O–H groups in total. The van der Waals surface area contributed by atoms with Crippen LogP contribution in [0, 0.1) is 0 Å². The molecule has 1 atom stereocenters. The molecule has 0 aromatic heterocycles. The lowest BCUT2D eigenvalue weighted by molar-refractivity contribution is -0.140.